The molecule has 0 saturated carbocycles. The van der Waals surface area contributed by atoms with Gasteiger partial charge in [-0.1, -0.05) is 6.92 Å². The molecule has 120 valence electrons. The monoisotopic (exact) mass is 305 g/mol. The lowest BCUT2D eigenvalue weighted by Gasteiger charge is -2.25. The smallest absolute Gasteiger partial charge is 0.213 e. The Morgan fingerprint density at radius 3 is 2.65 bits per heavy atom. The maximum Gasteiger partial charge on any atom is 0.213 e. The topological polar surface area (TPSA) is 52.7 Å². The lowest BCUT2D eigenvalue weighted by molar-refractivity contribution is 0.271. The average molecular weight is 305 g/mol. The van der Waals surface area contributed by atoms with Crippen LogP contribution in [0.25, 0.3) is 0 Å². The number of hydrogen-bond acceptors (Lipinski definition) is 4. The quantitative estimate of drug-likeness (QED) is 0.615. The highest BCUT2D eigenvalue weighted by atomic mass is 32.2. The van der Waals surface area contributed by atoms with Crippen LogP contribution < -0.4 is 5.32 Å². The molecule has 1 atom stereocenters. The summed E-state index contributed by atoms with van der Waals surface area (Å²) in [5.41, 5.74) is 0. The molecule has 1 heterocycles. The molecule has 0 aromatic heterocycles. The third-order valence-corrected chi connectivity index (χ3v) is 5.95. The predicted octanol–water partition coefficient (Wildman–Crippen LogP) is 1.12. The Bertz CT molecular complexity index is 359. The molecule has 1 aliphatic heterocycles. The van der Waals surface area contributed by atoms with Crippen LogP contribution in [0.4, 0.5) is 0 Å². The van der Waals surface area contributed by atoms with Crippen molar-refractivity contribution in [2.45, 2.75) is 45.1 Å². The van der Waals surface area contributed by atoms with Crippen molar-refractivity contribution >= 4 is 10.0 Å². The Morgan fingerprint density at radius 2 is 2.05 bits per heavy atom. The molecule has 0 bridgehead atoms. The summed E-state index contributed by atoms with van der Waals surface area (Å²) in [4.78, 5) is 2.26. The molecular formula is C14H31N3O2S. The first-order valence-electron chi connectivity index (χ1n) is 7.82. The zero-order valence-electron chi connectivity index (χ0n) is 13.3. The van der Waals surface area contributed by atoms with E-state index >= 15 is 0 Å². The minimum Gasteiger partial charge on any atom is -0.317 e. The van der Waals surface area contributed by atoms with Crippen molar-refractivity contribution in [3.8, 4) is 0 Å². The molecule has 0 amide bonds. The molecular weight excluding hydrogens is 274 g/mol. The van der Waals surface area contributed by atoms with Crippen molar-refractivity contribution in [2.24, 2.45) is 0 Å². The molecule has 0 aliphatic carbocycles. The first-order chi connectivity index (χ1) is 9.47. The van der Waals surface area contributed by atoms with E-state index in [0.717, 1.165) is 45.3 Å². The first-order valence-corrected chi connectivity index (χ1v) is 9.43. The third-order valence-electron chi connectivity index (χ3n) is 4.05. The highest BCUT2D eigenvalue weighted by molar-refractivity contribution is 7.89. The Labute approximate surface area is 124 Å². The van der Waals surface area contributed by atoms with E-state index in [1.165, 1.54) is 6.42 Å². The number of likely N-dealkylation sites (N-methyl/N-ethyl adjacent to an activating group) is 2. The van der Waals surface area contributed by atoms with E-state index in [-0.39, 0.29) is 5.75 Å². The summed E-state index contributed by atoms with van der Waals surface area (Å²) in [5.74, 6) is 0.272. The summed E-state index contributed by atoms with van der Waals surface area (Å²) in [6.07, 6.45) is 5.08. The average Bonchev–Trinajstić information content (AvgIpc) is 2.79. The van der Waals surface area contributed by atoms with Crippen LogP contribution in [0.3, 0.4) is 0 Å². The molecule has 5 nitrogen and oxygen atoms in total. The van der Waals surface area contributed by atoms with Crippen LogP contribution in [0.2, 0.25) is 0 Å². The van der Waals surface area contributed by atoms with Gasteiger partial charge in [0.25, 0.3) is 0 Å². The zero-order chi connectivity index (χ0) is 15.0. The van der Waals surface area contributed by atoms with Gasteiger partial charge in [0.2, 0.25) is 10.0 Å². The molecule has 1 unspecified atom stereocenters. The fraction of sp³-hybridized carbons (Fsp3) is 1.00. The summed E-state index contributed by atoms with van der Waals surface area (Å²) in [5, 5.41) is 3.30. The molecule has 1 fully saturated rings. The Kier molecular flexibility index (Phi) is 8.02. The van der Waals surface area contributed by atoms with Crippen molar-refractivity contribution in [1.82, 2.24) is 14.5 Å². The summed E-state index contributed by atoms with van der Waals surface area (Å²) in [6, 6.07) is 0.390. The van der Waals surface area contributed by atoms with Crippen LogP contribution in [-0.2, 0) is 10.0 Å². The minimum atomic E-state index is -3.09. The fourth-order valence-corrected chi connectivity index (χ4v) is 3.89. The van der Waals surface area contributed by atoms with Gasteiger partial charge < -0.3 is 10.2 Å². The predicted molar refractivity (Wildman–Crippen MR) is 84.5 cm³/mol. The SMILES string of the molecule is CCCNCCCCS(=O)(=O)N(C)CC1CCCN1C. The zero-order valence-corrected chi connectivity index (χ0v) is 14.1. The second-order valence-corrected chi connectivity index (χ2v) is 8.03. The van der Waals surface area contributed by atoms with E-state index in [1.807, 2.05) is 0 Å². The van der Waals surface area contributed by atoms with E-state index < -0.39 is 10.0 Å². The lowest BCUT2D eigenvalue weighted by atomic mass is 10.2. The van der Waals surface area contributed by atoms with Gasteiger partial charge in [-0.05, 0) is 58.8 Å². The number of rotatable bonds is 10. The maximum atomic E-state index is 12.2. The Morgan fingerprint density at radius 1 is 1.30 bits per heavy atom. The van der Waals surface area contributed by atoms with Crippen molar-refractivity contribution in [2.75, 3.05) is 46.0 Å². The van der Waals surface area contributed by atoms with Gasteiger partial charge in [0.15, 0.2) is 0 Å². The molecule has 1 rings (SSSR count). The van der Waals surface area contributed by atoms with Gasteiger partial charge in [0.1, 0.15) is 0 Å². The minimum absolute atomic E-state index is 0.272. The third kappa shape index (κ3) is 6.08. The van der Waals surface area contributed by atoms with Gasteiger partial charge >= 0.3 is 0 Å². The van der Waals surface area contributed by atoms with Crippen LogP contribution in [0.1, 0.15) is 39.0 Å². The standard InChI is InChI=1S/C14H31N3O2S/c1-4-9-15-10-5-6-12-20(18,19)17(3)13-14-8-7-11-16(14)2/h14-15H,4-13H2,1-3H3. The molecule has 6 heteroatoms. The molecule has 0 radical (unpaired) electrons. The van der Waals surface area contributed by atoms with Crippen molar-refractivity contribution in [3.05, 3.63) is 0 Å². The maximum absolute atomic E-state index is 12.2. The fourth-order valence-electron chi connectivity index (χ4n) is 2.61. The number of unbranched alkanes of at least 4 members (excludes halogenated alkanes) is 1. The van der Waals surface area contributed by atoms with Gasteiger partial charge in [0, 0.05) is 19.6 Å². The van der Waals surface area contributed by atoms with E-state index in [1.54, 1.807) is 11.4 Å². The van der Waals surface area contributed by atoms with Crippen molar-refractivity contribution in [1.29, 1.82) is 0 Å². The molecule has 1 aliphatic rings. The molecule has 1 saturated heterocycles. The highest BCUT2D eigenvalue weighted by Crippen LogP contribution is 2.16. The second-order valence-electron chi connectivity index (χ2n) is 5.83. The van der Waals surface area contributed by atoms with Gasteiger partial charge in [-0.25, -0.2) is 12.7 Å². The van der Waals surface area contributed by atoms with E-state index in [4.69, 9.17) is 0 Å². The highest BCUT2D eigenvalue weighted by Gasteiger charge is 2.26. The van der Waals surface area contributed by atoms with E-state index in [0.29, 0.717) is 12.6 Å². The summed E-state index contributed by atoms with van der Waals surface area (Å²) in [7, 11) is 0.715. The molecule has 0 spiro atoms. The van der Waals surface area contributed by atoms with E-state index in [9.17, 15) is 8.42 Å². The summed E-state index contributed by atoms with van der Waals surface area (Å²) < 4.78 is 26.0. The van der Waals surface area contributed by atoms with Crippen LogP contribution in [-0.4, -0.2) is 69.7 Å². The number of nitrogens with zero attached hydrogens (tertiary/aromatic N) is 2. The van der Waals surface area contributed by atoms with Crippen LogP contribution in [0.5, 0.6) is 0 Å². The molecule has 1 N–H and O–H groups in total. The lowest BCUT2D eigenvalue weighted by Crippen LogP contribution is -2.40. The first kappa shape index (κ1) is 17.9. The van der Waals surface area contributed by atoms with Crippen molar-refractivity contribution < 1.29 is 8.42 Å². The number of nitrogens with one attached hydrogen (secondary N) is 1. The summed E-state index contributed by atoms with van der Waals surface area (Å²) in [6.45, 7) is 5.78. The largest absolute Gasteiger partial charge is 0.317 e. The molecule has 20 heavy (non-hydrogen) atoms. The van der Waals surface area contributed by atoms with Crippen LogP contribution in [0, 0.1) is 0 Å². The number of hydrogen-bond donors (Lipinski definition) is 1. The second kappa shape index (κ2) is 8.97. The van der Waals surface area contributed by atoms with Crippen LogP contribution in [0.15, 0.2) is 0 Å². The number of sulfonamides is 1. The molecule has 0 aromatic carbocycles. The van der Waals surface area contributed by atoms with E-state index in [2.05, 4.69) is 24.2 Å². The van der Waals surface area contributed by atoms with Crippen LogP contribution >= 0.6 is 0 Å². The molecule has 0 aromatic rings. The van der Waals surface area contributed by atoms with Gasteiger partial charge in [0.05, 0.1) is 5.75 Å². The number of likely N-dealkylation sites (tertiary alicyclic amines) is 1. The van der Waals surface area contributed by atoms with Crippen molar-refractivity contribution in [3.63, 3.8) is 0 Å². The normalized spacial score (nSPS) is 20.9. The van der Waals surface area contributed by atoms with Gasteiger partial charge in [-0.2, -0.15) is 0 Å². The summed E-state index contributed by atoms with van der Waals surface area (Å²) >= 11 is 0. The van der Waals surface area contributed by atoms with Gasteiger partial charge in [-0.15, -0.1) is 0 Å². The Hall–Kier alpha value is -0.170. The van der Waals surface area contributed by atoms with Gasteiger partial charge in [-0.3, -0.25) is 0 Å². The Balaban J connectivity index is 2.24.